The Morgan fingerprint density at radius 3 is 2.73 bits per heavy atom. The number of nitrogens with zero attached hydrogens (tertiary/aromatic N) is 5. The number of pyridine rings is 1. The topological polar surface area (TPSA) is 94.8 Å². The lowest BCUT2D eigenvalue weighted by atomic mass is 9.94. The van der Waals surface area contributed by atoms with E-state index in [2.05, 4.69) is 14.9 Å². The Hall–Kier alpha value is -3.70. The number of fused-ring (bicyclic) bond motifs is 3. The zero-order chi connectivity index (χ0) is 30.8. The molecule has 0 unspecified atom stereocenters. The number of aromatic nitrogens is 3. The molecule has 2 aromatic carbocycles. The first-order valence-electron chi connectivity index (χ1n) is 15.4. The van der Waals surface area contributed by atoms with Crippen LogP contribution >= 0.6 is 0 Å². The number of aliphatic hydroxyl groups excluding tert-OH is 1. The van der Waals surface area contributed by atoms with Crippen LogP contribution in [0.3, 0.4) is 0 Å². The maximum atomic E-state index is 16.8. The number of rotatable bonds is 7. The van der Waals surface area contributed by atoms with Crippen molar-refractivity contribution in [3.8, 4) is 23.0 Å². The van der Waals surface area contributed by atoms with Gasteiger partial charge in [0, 0.05) is 31.3 Å². The van der Waals surface area contributed by atoms with Gasteiger partial charge in [0.25, 0.3) is 0 Å². The van der Waals surface area contributed by atoms with Crippen molar-refractivity contribution in [1.29, 1.82) is 0 Å². The lowest BCUT2D eigenvalue weighted by Crippen LogP contribution is -2.45. The largest absolute Gasteiger partial charge is 0.508 e. The van der Waals surface area contributed by atoms with Gasteiger partial charge in [-0.1, -0.05) is 13.0 Å². The van der Waals surface area contributed by atoms with E-state index in [4.69, 9.17) is 9.72 Å². The summed E-state index contributed by atoms with van der Waals surface area (Å²) < 4.78 is 52.3. The van der Waals surface area contributed by atoms with Crippen LogP contribution in [0.1, 0.15) is 51.5 Å². The van der Waals surface area contributed by atoms with E-state index in [0.717, 1.165) is 32.2 Å². The number of aromatic hydroxyl groups is 1. The van der Waals surface area contributed by atoms with Gasteiger partial charge in [0.05, 0.1) is 23.1 Å². The average Bonchev–Trinajstić information content (AvgIpc) is 3.67. The Morgan fingerprint density at radius 1 is 1.11 bits per heavy atom. The van der Waals surface area contributed by atoms with E-state index in [-0.39, 0.29) is 41.7 Å². The summed E-state index contributed by atoms with van der Waals surface area (Å²) in [6.07, 6.45) is 4.56. The highest BCUT2D eigenvalue weighted by Crippen LogP contribution is 2.43. The quantitative estimate of drug-likeness (QED) is 0.277. The second-order valence-corrected chi connectivity index (χ2v) is 12.8. The second kappa shape index (κ2) is 10.7. The molecule has 3 aliphatic heterocycles. The van der Waals surface area contributed by atoms with E-state index >= 15 is 4.39 Å². The molecule has 11 heteroatoms. The predicted molar refractivity (Wildman–Crippen MR) is 162 cm³/mol. The van der Waals surface area contributed by atoms with Crippen molar-refractivity contribution < 1.29 is 28.1 Å². The number of alkyl halides is 1. The molecule has 44 heavy (non-hydrogen) atoms. The molecule has 8 nitrogen and oxygen atoms in total. The third-order valence-corrected chi connectivity index (χ3v) is 9.98. The number of phenolic OH excluding ortho intramolecular Hbond substituents is 1. The molecule has 0 amide bonds. The molecule has 3 saturated heterocycles. The lowest BCUT2D eigenvalue weighted by Gasteiger charge is -2.35. The van der Waals surface area contributed by atoms with E-state index in [1.165, 1.54) is 24.4 Å². The van der Waals surface area contributed by atoms with Crippen LogP contribution in [0.4, 0.5) is 19.0 Å². The number of phenols is 1. The highest BCUT2D eigenvalue weighted by Gasteiger charge is 2.49. The highest BCUT2D eigenvalue weighted by molar-refractivity contribution is 6.01. The van der Waals surface area contributed by atoms with E-state index in [1.807, 2.05) is 18.7 Å². The van der Waals surface area contributed by atoms with Crippen LogP contribution in [0.2, 0.25) is 0 Å². The molecule has 3 atom stereocenters. The van der Waals surface area contributed by atoms with Crippen molar-refractivity contribution in [2.45, 2.75) is 69.6 Å². The van der Waals surface area contributed by atoms with Crippen LogP contribution in [0.15, 0.2) is 30.5 Å². The molecule has 0 radical (unpaired) electrons. The van der Waals surface area contributed by atoms with Gasteiger partial charge in [-0.3, -0.25) is 9.88 Å². The first kappa shape index (κ1) is 29.0. The van der Waals surface area contributed by atoms with E-state index in [9.17, 15) is 19.0 Å². The maximum absolute atomic E-state index is 16.8. The number of hydrogen-bond acceptors (Lipinski definition) is 8. The van der Waals surface area contributed by atoms with Crippen LogP contribution in [0, 0.1) is 11.6 Å². The molecule has 3 aliphatic rings. The Bertz CT molecular complexity index is 1770. The third kappa shape index (κ3) is 4.54. The summed E-state index contributed by atoms with van der Waals surface area (Å²) in [5.41, 5.74) is -0.559. The van der Waals surface area contributed by atoms with Crippen molar-refractivity contribution in [3.63, 3.8) is 0 Å². The van der Waals surface area contributed by atoms with Gasteiger partial charge in [0.15, 0.2) is 5.82 Å². The minimum atomic E-state index is -0.928. The fourth-order valence-electron chi connectivity index (χ4n) is 7.71. The third-order valence-electron chi connectivity index (χ3n) is 9.98. The van der Waals surface area contributed by atoms with Crippen molar-refractivity contribution in [2.75, 3.05) is 37.7 Å². The Morgan fingerprint density at radius 2 is 1.93 bits per heavy atom. The van der Waals surface area contributed by atoms with Crippen LogP contribution in [0.5, 0.6) is 11.8 Å². The van der Waals surface area contributed by atoms with Gasteiger partial charge in [-0.2, -0.15) is 9.97 Å². The summed E-state index contributed by atoms with van der Waals surface area (Å²) in [6, 6.07) is 5.76. The van der Waals surface area contributed by atoms with Crippen LogP contribution in [-0.4, -0.2) is 80.2 Å². The molecule has 2 N–H and O–H groups in total. The molecule has 4 aromatic rings. The van der Waals surface area contributed by atoms with Gasteiger partial charge >= 0.3 is 6.01 Å². The molecule has 0 bridgehead atoms. The van der Waals surface area contributed by atoms with Gasteiger partial charge < -0.3 is 19.8 Å². The first-order valence-corrected chi connectivity index (χ1v) is 15.4. The number of anilines is 1. The second-order valence-electron chi connectivity index (χ2n) is 12.8. The molecule has 5 heterocycles. The minimum absolute atomic E-state index is 0.0382. The monoisotopic (exact) mass is 607 g/mol. The predicted octanol–water partition coefficient (Wildman–Crippen LogP) is 5.70. The summed E-state index contributed by atoms with van der Waals surface area (Å²) in [5.74, 6) is -0.889. The summed E-state index contributed by atoms with van der Waals surface area (Å²) in [5, 5.41) is 22.2. The zero-order valence-electron chi connectivity index (χ0n) is 24.9. The Balaban J connectivity index is 1.40. The number of halogens is 3. The molecule has 232 valence electrons. The van der Waals surface area contributed by atoms with Gasteiger partial charge in [-0.15, -0.1) is 0 Å². The standard InChI is InChI=1S/C33H36F3N5O3/c1-3-22-25(35)7-6-19-12-21(43)13-23(26(19)22)28-27(36)29-24(15-37-28)30(41-11-4-8-32(41,2)17-42)39-31(38-29)44-18-33-9-5-10-40(33)16-20(34)14-33/h6-7,12-13,15,20,42-43H,3-5,8-11,14,16-18H2,1-2H3/t20-,32+,33+/m1/s1. The van der Waals surface area contributed by atoms with Crippen molar-refractivity contribution in [2.24, 2.45) is 0 Å². The van der Waals surface area contributed by atoms with Crippen LogP contribution < -0.4 is 9.64 Å². The SMILES string of the molecule is CCc1c(F)ccc2cc(O)cc(-c3ncc4c(N5CCC[C@@]5(C)CO)nc(OC[C@@]56CCCN5C[C@H](F)C6)nc4c3F)c12. The average molecular weight is 608 g/mol. The van der Waals surface area contributed by atoms with E-state index < -0.39 is 28.9 Å². The van der Waals surface area contributed by atoms with E-state index in [1.54, 1.807) is 6.07 Å². The molecule has 0 saturated carbocycles. The van der Waals surface area contributed by atoms with Crippen molar-refractivity contribution in [1.82, 2.24) is 19.9 Å². The normalized spacial score (nSPS) is 25.4. The first-order chi connectivity index (χ1) is 21.2. The fourth-order valence-corrected chi connectivity index (χ4v) is 7.71. The highest BCUT2D eigenvalue weighted by atomic mass is 19.1. The number of aliphatic hydroxyl groups is 1. The number of hydrogen-bond donors (Lipinski definition) is 2. The molecular weight excluding hydrogens is 571 g/mol. The lowest BCUT2D eigenvalue weighted by molar-refractivity contribution is 0.107. The Kier molecular flexibility index (Phi) is 7.08. The summed E-state index contributed by atoms with van der Waals surface area (Å²) in [4.78, 5) is 17.9. The van der Waals surface area contributed by atoms with E-state index in [0.29, 0.717) is 53.5 Å². The van der Waals surface area contributed by atoms with Gasteiger partial charge in [-0.25, -0.2) is 13.2 Å². The van der Waals surface area contributed by atoms with Gasteiger partial charge in [0.2, 0.25) is 0 Å². The molecule has 2 aromatic heterocycles. The molecule has 7 rings (SSSR count). The van der Waals surface area contributed by atoms with Gasteiger partial charge in [-0.05, 0) is 80.1 Å². The Labute approximate surface area is 253 Å². The number of benzene rings is 2. The molecule has 0 spiro atoms. The number of aryl methyl sites for hydroxylation is 1. The summed E-state index contributed by atoms with van der Waals surface area (Å²) >= 11 is 0. The van der Waals surface area contributed by atoms with Crippen LogP contribution in [-0.2, 0) is 6.42 Å². The summed E-state index contributed by atoms with van der Waals surface area (Å²) in [7, 11) is 0. The number of ether oxygens (including phenoxy) is 1. The molecule has 3 fully saturated rings. The van der Waals surface area contributed by atoms with Crippen LogP contribution in [0.25, 0.3) is 32.9 Å². The summed E-state index contributed by atoms with van der Waals surface area (Å²) in [6.45, 7) is 5.56. The molecular formula is C33H36F3N5O3. The zero-order valence-corrected chi connectivity index (χ0v) is 24.9. The van der Waals surface area contributed by atoms with Crippen molar-refractivity contribution in [3.05, 3.63) is 47.7 Å². The molecule has 0 aliphatic carbocycles. The maximum Gasteiger partial charge on any atom is 0.319 e. The minimum Gasteiger partial charge on any atom is -0.508 e. The van der Waals surface area contributed by atoms with Gasteiger partial charge in [0.1, 0.15) is 41.4 Å². The van der Waals surface area contributed by atoms with Crippen molar-refractivity contribution >= 4 is 27.5 Å². The fraction of sp³-hybridized carbons (Fsp3) is 0.485. The smallest absolute Gasteiger partial charge is 0.319 e.